The molecule has 9 heteroatoms. The molecule has 0 aliphatic rings. The molecular weight excluding hydrogens is 448 g/mol. The molecule has 7 nitrogen and oxygen atoms in total. The highest BCUT2D eigenvalue weighted by molar-refractivity contribution is 9.10. The van der Waals surface area contributed by atoms with Gasteiger partial charge in [-0.1, -0.05) is 15.9 Å². The predicted octanol–water partition coefficient (Wildman–Crippen LogP) is 1.80. The summed E-state index contributed by atoms with van der Waals surface area (Å²) in [5.74, 6) is -1.80. The van der Waals surface area contributed by atoms with E-state index >= 15 is 0 Å². The Labute approximate surface area is 174 Å². The Morgan fingerprint density at radius 1 is 1.25 bits per heavy atom. The summed E-state index contributed by atoms with van der Waals surface area (Å²) in [4.78, 5) is 36.4. The number of carboxylic acids is 1. The van der Waals surface area contributed by atoms with E-state index in [1.807, 2.05) is 6.26 Å². The van der Waals surface area contributed by atoms with Gasteiger partial charge in [-0.25, -0.2) is 0 Å². The van der Waals surface area contributed by atoms with E-state index in [0.717, 1.165) is 4.47 Å². The lowest BCUT2D eigenvalue weighted by molar-refractivity contribution is -0.308. The normalized spacial score (nSPS) is 12.3. The van der Waals surface area contributed by atoms with E-state index in [1.54, 1.807) is 36.4 Å². The quantitative estimate of drug-likeness (QED) is 0.546. The van der Waals surface area contributed by atoms with Crippen molar-refractivity contribution in [2.45, 2.75) is 12.5 Å². The van der Waals surface area contributed by atoms with Crippen molar-refractivity contribution in [2.24, 2.45) is 0 Å². The van der Waals surface area contributed by atoms with Crippen LogP contribution in [0.25, 0.3) is 6.08 Å². The highest BCUT2D eigenvalue weighted by atomic mass is 79.9. The molecule has 1 aromatic heterocycles. The smallest absolute Gasteiger partial charge is 0.268 e. The minimum absolute atomic E-state index is 0.140. The van der Waals surface area contributed by atoms with Crippen molar-refractivity contribution >= 4 is 51.6 Å². The van der Waals surface area contributed by atoms with Gasteiger partial charge < -0.3 is 25.0 Å². The maximum atomic E-state index is 12.6. The zero-order valence-electron chi connectivity index (χ0n) is 14.9. The fourth-order valence-electron chi connectivity index (χ4n) is 2.19. The first-order valence-corrected chi connectivity index (χ1v) is 10.4. The van der Waals surface area contributed by atoms with Gasteiger partial charge in [0, 0.05) is 16.1 Å². The van der Waals surface area contributed by atoms with Crippen molar-refractivity contribution in [3.05, 3.63) is 64.2 Å². The van der Waals surface area contributed by atoms with Crippen molar-refractivity contribution in [3.8, 4) is 0 Å². The van der Waals surface area contributed by atoms with Crippen LogP contribution in [0.15, 0.2) is 57.2 Å². The van der Waals surface area contributed by atoms with E-state index in [1.165, 1.54) is 24.1 Å². The van der Waals surface area contributed by atoms with Gasteiger partial charge >= 0.3 is 0 Å². The van der Waals surface area contributed by atoms with Gasteiger partial charge in [0.2, 0.25) is 0 Å². The van der Waals surface area contributed by atoms with Crippen LogP contribution in [0.4, 0.5) is 0 Å². The number of thioether (sulfide) groups is 1. The molecule has 2 rings (SSSR count). The lowest BCUT2D eigenvalue weighted by Crippen LogP contribution is -2.50. The van der Waals surface area contributed by atoms with Gasteiger partial charge in [0.15, 0.2) is 0 Å². The van der Waals surface area contributed by atoms with Crippen LogP contribution in [0.3, 0.4) is 0 Å². The van der Waals surface area contributed by atoms with Crippen LogP contribution in [0.1, 0.15) is 22.5 Å². The number of hydrogen-bond donors (Lipinski definition) is 2. The molecule has 0 aliphatic carbocycles. The Morgan fingerprint density at radius 2 is 1.96 bits per heavy atom. The molecule has 0 saturated heterocycles. The van der Waals surface area contributed by atoms with Crippen LogP contribution in [0.2, 0.25) is 0 Å². The SMILES string of the molecule is CSCC[C@@H](NC(=O)/C(=C/c1ccco1)NC(=O)c1ccc(Br)cc1)C(=O)[O-]. The second-order valence-corrected chi connectivity index (χ2v) is 7.56. The molecule has 0 spiro atoms. The van der Waals surface area contributed by atoms with Gasteiger partial charge in [0.1, 0.15) is 11.5 Å². The van der Waals surface area contributed by atoms with Gasteiger partial charge in [-0.05, 0) is 54.8 Å². The molecule has 0 fully saturated rings. The highest BCUT2D eigenvalue weighted by Gasteiger charge is 2.19. The number of aliphatic carboxylic acids is 1. The topological polar surface area (TPSA) is 111 Å². The summed E-state index contributed by atoms with van der Waals surface area (Å²) in [5.41, 5.74) is 0.193. The number of benzene rings is 1. The first-order chi connectivity index (χ1) is 13.4. The summed E-state index contributed by atoms with van der Waals surface area (Å²) in [7, 11) is 0. The molecule has 2 N–H and O–H groups in total. The van der Waals surface area contributed by atoms with E-state index in [-0.39, 0.29) is 12.1 Å². The van der Waals surface area contributed by atoms with E-state index in [4.69, 9.17) is 4.42 Å². The van der Waals surface area contributed by atoms with Crippen LogP contribution in [0, 0.1) is 0 Å². The highest BCUT2D eigenvalue weighted by Crippen LogP contribution is 2.12. The van der Waals surface area contributed by atoms with Crippen molar-refractivity contribution in [1.82, 2.24) is 10.6 Å². The molecular formula is C19H18BrN2O5S-. The number of carboxylic acid groups (broad SMARTS) is 1. The van der Waals surface area contributed by atoms with E-state index in [0.29, 0.717) is 17.1 Å². The molecule has 0 saturated carbocycles. The number of amides is 2. The van der Waals surface area contributed by atoms with Crippen molar-refractivity contribution < 1.29 is 23.9 Å². The summed E-state index contributed by atoms with van der Waals surface area (Å²) in [6.07, 6.45) is 4.77. The molecule has 0 bridgehead atoms. The molecule has 1 atom stereocenters. The van der Waals surface area contributed by atoms with Crippen molar-refractivity contribution in [1.29, 1.82) is 0 Å². The molecule has 2 amide bonds. The van der Waals surface area contributed by atoms with Crippen LogP contribution in [-0.4, -0.2) is 35.8 Å². The summed E-state index contributed by atoms with van der Waals surface area (Å²) in [6.45, 7) is 0. The second-order valence-electron chi connectivity index (χ2n) is 5.66. The number of halogens is 1. The number of carbonyl (C=O) groups excluding carboxylic acids is 3. The standard InChI is InChI=1S/C19H19BrN2O5S/c1-28-10-8-15(19(25)26)21-18(24)16(11-14-3-2-9-27-14)22-17(23)12-4-6-13(20)7-5-12/h2-7,9,11,15H,8,10H2,1H3,(H,21,24)(H,22,23)(H,25,26)/p-1/b16-11-/t15-/m1/s1. The fourth-order valence-corrected chi connectivity index (χ4v) is 2.93. The van der Waals surface area contributed by atoms with Gasteiger partial charge in [-0.15, -0.1) is 0 Å². The van der Waals surface area contributed by atoms with Crippen LogP contribution in [-0.2, 0) is 9.59 Å². The fraction of sp³-hybridized carbons (Fsp3) is 0.211. The van der Waals surface area contributed by atoms with Gasteiger partial charge in [-0.3, -0.25) is 9.59 Å². The van der Waals surface area contributed by atoms with Crippen molar-refractivity contribution in [2.75, 3.05) is 12.0 Å². The molecule has 1 heterocycles. The number of furan rings is 1. The number of nitrogens with one attached hydrogen (secondary N) is 2. The van der Waals surface area contributed by atoms with Crippen LogP contribution < -0.4 is 15.7 Å². The van der Waals surface area contributed by atoms with Crippen molar-refractivity contribution in [3.63, 3.8) is 0 Å². The second kappa shape index (κ2) is 10.7. The van der Waals surface area contributed by atoms with E-state index in [9.17, 15) is 19.5 Å². The maximum Gasteiger partial charge on any atom is 0.268 e. The Morgan fingerprint density at radius 3 is 2.54 bits per heavy atom. The monoisotopic (exact) mass is 465 g/mol. The number of carbonyl (C=O) groups is 3. The Kier molecular flexibility index (Phi) is 8.34. The summed E-state index contributed by atoms with van der Waals surface area (Å²) < 4.78 is 5.99. The van der Waals surface area contributed by atoms with Gasteiger partial charge in [0.25, 0.3) is 11.8 Å². The summed E-state index contributed by atoms with van der Waals surface area (Å²) in [6, 6.07) is 8.61. The Balaban J connectivity index is 2.21. The third kappa shape index (κ3) is 6.58. The van der Waals surface area contributed by atoms with E-state index in [2.05, 4.69) is 26.6 Å². The zero-order chi connectivity index (χ0) is 20.5. The molecule has 0 unspecified atom stereocenters. The number of hydrogen-bond acceptors (Lipinski definition) is 6. The third-order valence-electron chi connectivity index (χ3n) is 3.63. The Hall–Kier alpha value is -2.52. The molecule has 1 aromatic carbocycles. The molecule has 0 aliphatic heterocycles. The Bertz CT molecular complexity index is 850. The first-order valence-electron chi connectivity index (χ1n) is 8.23. The number of rotatable bonds is 9. The van der Waals surface area contributed by atoms with Crippen LogP contribution >= 0.6 is 27.7 Å². The lowest BCUT2D eigenvalue weighted by atomic mass is 10.2. The minimum atomic E-state index is -1.39. The zero-order valence-corrected chi connectivity index (χ0v) is 17.3. The molecule has 0 radical (unpaired) electrons. The third-order valence-corrected chi connectivity index (χ3v) is 4.80. The van der Waals surface area contributed by atoms with Crippen LogP contribution in [0.5, 0.6) is 0 Å². The molecule has 148 valence electrons. The average Bonchev–Trinajstić information content (AvgIpc) is 3.17. The minimum Gasteiger partial charge on any atom is -0.548 e. The average molecular weight is 466 g/mol. The lowest BCUT2D eigenvalue weighted by Gasteiger charge is -2.20. The predicted molar refractivity (Wildman–Crippen MR) is 108 cm³/mol. The largest absolute Gasteiger partial charge is 0.548 e. The first kappa shape index (κ1) is 21.8. The molecule has 28 heavy (non-hydrogen) atoms. The molecule has 2 aromatic rings. The van der Waals surface area contributed by atoms with Gasteiger partial charge in [0.05, 0.1) is 18.3 Å². The maximum absolute atomic E-state index is 12.6. The van der Waals surface area contributed by atoms with E-state index < -0.39 is 23.8 Å². The summed E-state index contributed by atoms with van der Waals surface area (Å²) in [5, 5.41) is 16.2. The van der Waals surface area contributed by atoms with Gasteiger partial charge in [-0.2, -0.15) is 11.8 Å². The summed E-state index contributed by atoms with van der Waals surface area (Å²) >= 11 is 4.74.